The number of rotatable bonds is 9. The van der Waals surface area contributed by atoms with Crippen LogP contribution in [-0.2, 0) is 19.6 Å². The van der Waals surface area contributed by atoms with E-state index in [9.17, 15) is 22.4 Å². The summed E-state index contributed by atoms with van der Waals surface area (Å²) in [6.07, 6.45) is 0. The summed E-state index contributed by atoms with van der Waals surface area (Å²) in [4.78, 5) is 24.6. The van der Waals surface area contributed by atoms with Gasteiger partial charge in [-0.05, 0) is 48.9 Å². The third kappa shape index (κ3) is 5.57. The largest absolute Gasteiger partial charge is 0.493 e. The molecule has 0 spiro atoms. The number of anilines is 2. The summed E-state index contributed by atoms with van der Waals surface area (Å²) in [5.74, 6) is -1.75. The van der Waals surface area contributed by atoms with Crippen molar-refractivity contribution in [1.29, 1.82) is 0 Å². The molecular formula is C25H25FN2O7S. The van der Waals surface area contributed by atoms with Gasteiger partial charge in [-0.15, -0.1) is 0 Å². The number of amides is 1. The van der Waals surface area contributed by atoms with Crippen LogP contribution in [0.2, 0.25) is 0 Å². The third-order valence-electron chi connectivity index (χ3n) is 5.28. The zero-order valence-electron chi connectivity index (χ0n) is 20.1. The average Bonchev–Trinajstić information content (AvgIpc) is 2.88. The lowest BCUT2D eigenvalue weighted by Gasteiger charge is -2.25. The molecule has 0 atom stereocenters. The van der Waals surface area contributed by atoms with Crippen LogP contribution in [0.4, 0.5) is 15.8 Å². The van der Waals surface area contributed by atoms with Gasteiger partial charge in [0.1, 0.15) is 12.4 Å². The second-order valence-electron chi connectivity index (χ2n) is 7.55. The number of aryl methyl sites for hydroxylation is 1. The van der Waals surface area contributed by atoms with Crippen molar-refractivity contribution >= 4 is 33.3 Å². The van der Waals surface area contributed by atoms with E-state index < -0.39 is 34.3 Å². The molecule has 0 saturated heterocycles. The molecule has 0 aliphatic carbocycles. The van der Waals surface area contributed by atoms with Gasteiger partial charge in [0.15, 0.2) is 11.5 Å². The molecule has 1 amide bonds. The smallest absolute Gasteiger partial charge is 0.337 e. The molecule has 3 aromatic rings. The number of carbonyl (C=O) groups is 2. The molecule has 190 valence electrons. The van der Waals surface area contributed by atoms with Gasteiger partial charge in [0.05, 0.1) is 37.5 Å². The van der Waals surface area contributed by atoms with E-state index in [0.717, 1.165) is 6.07 Å². The number of halogens is 1. The fourth-order valence-corrected chi connectivity index (χ4v) is 4.82. The first-order valence-corrected chi connectivity index (χ1v) is 12.0. The monoisotopic (exact) mass is 516 g/mol. The Morgan fingerprint density at radius 1 is 0.944 bits per heavy atom. The van der Waals surface area contributed by atoms with Gasteiger partial charge in [-0.2, -0.15) is 0 Å². The van der Waals surface area contributed by atoms with Gasteiger partial charge in [-0.3, -0.25) is 9.10 Å². The van der Waals surface area contributed by atoms with E-state index in [1.807, 2.05) is 0 Å². The predicted octanol–water partition coefficient (Wildman–Crippen LogP) is 3.77. The minimum absolute atomic E-state index is 0.145. The van der Waals surface area contributed by atoms with Crippen LogP contribution < -0.4 is 19.1 Å². The number of ether oxygens (including phenoxy) is 3. The van der Waals surface area contributed by atoms with Crippen LogP contribution in [0.5, 0.6) is 11.5 Å². The third-order valence-corrected chi connectivity index (χ3v) is 7.04. The molecule has 0 aliphatic heterocycles. The zero-order valence-corrected chi connectivity index (χ0v) is 20.9. The van der Waals surface area contributed by atoms with E-state index in [1.54, 1.807) is 13.0 Å². The van der Waals surface area contributed by atoms with Crippen LogP contribution in [0.25, 0.3) is 0 Å². The summed E-state index contributed by atoms with van der Waals surface area (Å²) in [6.45, 7) is 0.950. The van der Waals surface area contributed by atoms with Crippen LogP contribution in [0.1, 0.15) is 15.9 Å². The first-order chi connectivity index (χ1) is 17.1. The summed E-state index contributed by atoms with van der Waals surface area (Å²) in [5, 5.41) is 2.59. The summed E-state index contributed by atoms with van der Waals surface area (Å²) < 4.78 is 57.7. The maximum absolute atomic E-state index is 14.7. The minimum Gasteiger partial charge on any atom is -0.493 e. The number of nitrogens with zero attached hydrogens (tertiary/aromatic N) is 1. The topological polar surface area (TPSA) is 111 Å². The average molecular weight is 517 g/mol. The number of benzene rings is 3. The van der Waals surface area contributed by atoms with Gasteiger partial charge in [-0.1, -0.05) is 18.2 Å². The second kappa shape index (κ2) is 11.1. The molecule has 0 aliphatic rings. The predicted molar refractivity (Wildman–Crippen MR) is 132 cm³/mol. The summed E-state index contributed by atoms with van der Waals surface area (Å²) >= 11 is 0. The van der Waals surface area contributed by atoms with E-state index in [4.69, 9.17) is 14.2 Å². The quantitative estimate of drug-likeness (QED) is 0.431. The van der Waals surface area contributed by atoms with Gasteiger partial charge in [0.2, 0.25) is 5.91 Å². The van der Waals surface area contributed by atoms with Crippen molar-refractivity contribution in [3.8, 4) is 11.5 Å². The van der Waals surface area contributed by atoms with Gasteiger partial charge >= 0.3 is 5.97 Å². The number of hydrogen-bond donors (Lipinski definition) is 1. The summed E-state index contributed by atoms with van der Waals surface area (Å²) in [6, 6.07) is 13.6. The Balaban J connectivity index is 2.01. The first-order valence-electron chi connectivity index (χ1n) is 10.6. The highest BCUT2D eigenvalue weighted by Gasteiger charge is 2.30. The normalized spacial score (nSPS) is 10.9. The highest BCUT2D eigenvalue weighted by Crippen LogP contribution is 2.33. The summed E-state index contributed by atoms with van der Waals surface area (Å²) in [5.41, 5.74) is 0.779. The van der Waals surface area contributed by atoms with Crippen molar-refractivity contribution < 1.29 is 36.6 Å². The first kappa shape index (κ1) is 26.5. The van der Waals surface area contributed by atoms with Crippen molar-refractivity contribution in [3.63, 3.8) is 0 Å². The van der Waals surface area contributed by atoms with Crippen LogP contribution in [0.3, 0.4) is 0 Å². The molecule has 0 fully saturated rings. The van der Waals surface area contributed by atoms with Gasteiger partial charge in [0.25, 0.3) is 10.0 Å². The molecule has 0 radical (unpaired) electrons. The Morgan fingerprint density at radius 2 is 1.64 bits per heavy atom. The molecule has 0 saturated carbocycles. The molecule has 1 N–H and O–H groups in total. The molecule has 0 heterocycles. The van der Waals surface area contributed by atoms with E-state index in [-0.39, 0.29) is 27.6 Å². The molecule has 0 bridgehead atoms. The number of nitrogens with one attached hydrogen (secondary N) is 1. The molecule has 3 aromatic carbocycles. The Labute approximate surface area is 208 Å². The van der Waals surface area contributed by atoms with Gasteiger partial charge in [-0.25, -0.2) is 17.6 Å². The fraction of sp³-hybridized carbons (Fsp3) is 0.200. The zero-order chi connectivity index (χ0) is 26.5. The number of hydrogen-bond acceptors (Lipinski definition) is 7. The van der Waals surface area contributed by atoms with E-state index >= 15 is 0 Å². The highest BCUT2D eigenvalue weighted by molar-refractivity contribution is 7.92. The molecule has 11 heteroatoms. The maximum atomic E-state index is 14.7. The summed E-state index contributed by atoms with van der Waals surface area (Å²) in [7, 11) is -0.456. The lowest BCUT2D eigenvalue weighted by molar-refractivity contribution is -0.114. The minimum atomic E-state index is -4.43. The van der Waals surface area contributed by atoms with Crippen molar-refractivity contribution in [2.45, 2.75) is 11.8 Å². The number of sulfonamides is 1. The van der Waals surface area contributed by atoms with Crippen LogP contribution in [0, 0.1) is 12.7 Å². The van der Waals surface area contributed by atoms with Gasteiger partial charge in [0, 0.05) is 11.8 Å². The van der Waals surface area contributed by atoms with E-state index in [1.165, 1.54) is 69.9 Å². The van der Waals surface area contributed by atoms with Crippen LogP contribution >= 0.6 is 0 Å². The number of carbonyl (C=O) groups excluding carboxylic acids is 2. The second-order valence-corrected chi connectivity index (χ2v) is 9.41. The number of methoxy groups -OCH3 is 3. The number of para-hydroxylation sites is 1. The van der Waals surface area contributed by atoms with Gasteiger partial charge < -0.3 is 19.5 Å². The molecule has 9 nitrogen and oxygen atoms in total. The fourth-order valence-electron chi connectivity index (χ4n) is 3.38. The van der Waals surface area contributed by atoms with Crippen molar-refractivity contribution in [1.82, 2.24) is 0 Å². The van der Waals surface area contributed by atoms with E-state index in [2.05, 4.69) is 5.32 Å². The standard InChI is InChI=1S/C25H25FN2O7S/c1-16-9-10-17(25(30)35-4)13-20(16)27-24(29)15-28(21-8-6-5-7-19(21)26)36(31,32)18-11-12-22(33-2)23(14-18)34-3/h5-14H,15H2,1-4H3,(H,27,29). The van der Waals surface area contributed by atoms with Crippen molar-refractivity contribution in [2.75, 3.05) is 37.5 Å². The Bertz CT molecular complexity index is 1390. The van der Waals surface area contributed by atoms with Crippen molar-refractivity contribution in [2.24, 2.45) is 0 Å². The molecule has 0 unspecified atom stereocenters. The van der Waals surface area contributed by atoms with E-state index in [0.29, 0.717) is 15.6 Å². The Morgan fingerprint density at radius 3 is 2.28 bits per heavy atom. The maximum Gasteiger partial charge on any atom is 0.337 e. The lowest BCUT2D eigenvalue weighted by Crippen LogP contribution is -2.38. The molecule has 3 rings (SSSR count). The van der Waals surface area contributed by atoms with Crippen LogP contribution in [-0.4, -0.2) is 48.2 Å². The van der Waals surface area contributed by atoms with Crippen LogP contribution in [0.15, 0.2) is 65.6 Å². The lowest BCUT2D eigenvalue weighted by atomic mass is 10.1. The molecular weight excluding hydrogens is 491 g/mol. The van der Waals surface area contributed by atoms with Crippen molar-refractivity contribution in [3.05, 3.63) is 77.6 Å². The Hall–Kier alpha value is -4.12. The number of esters is 1. The molecule has 0 aromatic heterocycles. The highest BCUT2D eigenvalue weighted by atomic mass is 32.2. The molecule has 36 heavy (non-hydrogen) atoms. The SMILES string of the molecule is COC(=O)c1ccc(C)c(NC(=O)CN(c2ccccc2F)S(=O)(=O)c2ccc(OC)c(OC)c2)c1. The Kier molecular flexibility index (Phi) is 8.15.